The van der Waals surface area contributed by atoms with Gasteiger partial charge < -0.3 is 9.64 Å². The third-order valence-corrected chi connectivity index (χ3v) is 5.47. The van der Waals surface area contributed by atoms with Gasteiger partial charge in [-0.15, -0.1) is 0 Å². The number of thiocarbonyl (C=S) groups is 1. The molecule has 1 aliphatic heterocycles. The summed E-state index contributed by atoms with van der Waals surface area (Å²) in [5.41, 5.74) is 0.683. The monoisotopic (exact) mass is 433 g/mol. The number of carbonyl (C=O) groups excluding carboxylic acids is 2. The Bertz CT molecular complexity index is 754. The minimum absolute atomic E-state index is 0.101. The van der Waals surface area contributed by atoms with Crippen LogP contribution in [0.2, 0.25) is 10.0 Å². The molecule has 0 unspecified atom stereocenters. The summed E-state index contributed by atoms with van der Waals surface area (Å²) in [7, 11) is 3.96. The fourth-order valence-corrected chi connectivity index (χ4v) is 3.86. The van der Waals surface area contributed by atoms with E-state index in [1.54, 1.807) is 24.3 Å². The van der Waals surface area contributed by atoms with E-state index in [-0.39, 0.29) is 24.8 Å². The van der Waals surface area contributed by atoms with Crippen molar-refractivity contribution in [3.8, 4) is 0 Å². The second-order valence-corrected chi connectivity index (χ2v) is 8.45. The molecule has 1 saturated heterocycles. The molecule has 0 spiro atoms. The largest absolute Gasteiger partial charge is 0.460 e. The van der Waals surface area contributed by atoms with E-state index >= 15 is 0 Å². The van der Waals surface area contributed by atoms with Crippen LogP contribution in [0.25, 0.3) is 6.08 Å². The van der Waals surface area contributed by atoms with Gasteiger partial charge in [0.2, 0.25) is 0 Å². The predicted octanol–water partition coefficient (Wildman–Crippen LogP) is 2.27. The summed E-state index contributed by atoms with van der Waals surface area (Å²) >= 11 is 18.5. The zero-order valence-corrected chi connectivity index (χ0v) is 17.5. The summed E-state index contributed by atoms with van der Waals surface area (Å²) in [4.78, 5) is 27.4. The van der Waals surface area contributed by atoms with Crippen molar-refractivity contribution in [3.05, 3.63) is 38.7 Å². The molecule has 2 rings (SSSR count). The van der Waals surface area contributed by atoms with Gasteiger partial charge >= 0.3 is 5.97 Å². The lowest BCUT2D eigenvalue weighted by Crippen LogP contribution is -3.06. The highest BCUT2D eigenvalue weighted by molar-refractivity contribution is 8.26. The lowest BCUT2D eigenvalue weighted by atomic mass is 10.2. The van der Waals surface area contributed by atoms with Gasteiger partial charge in [-0.25, -0.2) is 0 Å². The maximum Gasteiger partial charge on any atom is 0.307 e. The molecule has 26 heavy (non-hydrogen) atoms. The molecule has 9 heteroatoms. The highest BCUT2D eigenvalue weighted by Crippen LogP contribution is 2.34. The molecule has 0 radical (unpaired) electrons. The number of amides is 1. The molecule has 1 aromatic carbocycles. The Balaban J connectivity index is 1.96. The van der Waals surface area contributed by atoms with Gasteiger partial charge in [0.15, 0.2) is 0 Å². The summed E-state index contributed by atoms with van der Waals surface area (Å²) in [5, 5.41) is 0.975. The van der Waals surface area contributed by atoms with Gasteiger partial charge in [-0.1, -0.05) is 53.2 Å². The molecule has 1 fully saturated rings. The van der Waals surface area contributed by atoms with Crippen LogP contribution >= 0.6 is 47.2 Å². The van der Waals surface area contributed by atoms with Crippen LogP contribution in [0.5, 0.6) is 0 Å². The van der Waals surface area contributed by atoms with Crippen molar-refractivity contribution in [2.75, 3.05) is 33.8 Å². The van der Waals surface area contributed by atoms with Crippen LogP contribution in [0.1, 0.15) is 12.0 Å². The molecule has 140 valence electrons. The molecule has 0 aromatic heterocycles. The van der Waals surface area contributed by atoms with Gasteiger partial charge in [0.1, 0.15) is 17.5 Å². The number of thioether (sulfide) groups is 1. The molecule has 5 nitrogen and oxygen atoms in total. The summed E-state index contributed by atoms with van der Waals surface area (Å²) < 4.78 is 5.55. The fraction of sp³-hybridized carbons (Fsp3) is 0.353. The van der Waals surface area contributed by atoms with Crippen molar-refractivity contribution < 1.29 is 19.2 Å². The molecule has 0 saturated carbocycles. The summed E-state index contributed by atoms with van der Waals surface area (Å²) in [6, 6.07) is 5.05. The molecule has 1 heterocycles. The van der Waals surface area contributed by atoms with Gasteiger partial charge in [-0.3, -0.25) is 14.5 Å². The summed E-state index contributed by atoms with van der Waals surface area (Å²) in [6.45, 7) is 1.29. The number of hydrogen-bond donors (Lipinski definition) is 1. The van der Waals surface area contributed by atoms with E-state index in [1.165, 1.54) is 21.6 Å². The van der Waals surface area contributed by atoms with Gasteiger partial charge in [0.05, 0.1) is 25.4 Å². The Morgan fingerprint density at radius 1 is 1.38 bits per heavy atom. The van der Waals surface area contributed by atoms with Crippen LogP contribution in [0, 0.1) is 0 Å². The van der Waals surface area contributed by atoms with Crippen LogP contribution in [-0.2, 0) is 14.3 Å². The zero-order chi connectivity index (χ0) is 19.3. The number of quaternary nitrogens is 1. The molecule has 1 amide bonds. The van der Waals surface area contributed by atoms with E-state index in [0.29, 0.717) is 31.4 Å². The van der Waals surface area contributed by atoms with Crippen molar-refractivity contribution in [2.45, 2.75) is 6.42 Å². The van der Waals surface area contributed by atoms with Gasteiger partial charge in [-0.05, 0) is 23.8 Å². The van der Waals surface area contributed by atoms with E-state index in [4.69, 9.17) is 40.2 Å². The minimum atomic E-state index is -0.343. The molecular weight excluding hydrogens is 415 g/mol. The highest BCUT2D eigenvalue weighted by atomic mass is 35.5. The normalized spacial score (nSPS) is 16.0. The van der Waals surface area contributed by atoms with E-state index in [2.05, 4.69) is 0 Å². The first-order valence-electron chi connectivity index (χ1n) is 7.93. The first kappa shape index (κ1) is 21.2. The van der Waals surface area contributed by atoms with Gasteiger partial charge in [-0.2, -0.15) is 0 Å². The smallest absolute Gasteiger partial charge is 0.307 e. The lowest BCUT2D eigenvalue weighted by molar-refractivity contribution is -0.858. The quantitative estimate of drug-likeness (QED) is 0.406. The van der Waals surface area contributed by atoms with Gasteiger partial charge in [0.25, 0.3) is 5.91 Å². The SMILES string of the molecule is C[NH+](C)CCOC(=O)CCN1C(=O)/C(=C/c2ccc(Cl)cc2Cl)SC1=S. The van der Waals surface area contributed by atoms with E-state index in [0.717, 1.165) is 6.54 Å². The van der Waals surface area contributed by atoms with Crippen molar-refractivity contribution in [2.24, 2.45) is 0 Å². The summed E-state index contributed by atoms with van der Waals surface area (Å²) in [5.74, 6) is -0.582. The van der Waals surface area contributed by atoms with E-state index in [1.807, 2.05) is 14.1 Å². The Morgan fingerprint density at radius 2 is 2.12 bits per heavy atom. The number of halogens is 2. The van der Waals surface area contributed by atoms with Crippen LogP contribution in [0.3, 0.4) is 0 Å². The third kappa shape index (κ3) is 5.96. The molecule has 0 aliphatic carbocycles. The van der Waals surface area contributed by atoms with Crippen molar-refractivity contribution >= 4 is 69.5 Å². The third-order valence-electron chi connectivity index (χ3n) is 3.53. The highest BCUT2D eigenvalue weighted by Gasteiger charge is 2.32. The average Bonchev–Trinajstić information content (AvgIpc) is 2.81. The maximum atomic E-state index is 12.5. The summed E-state index contributed by atoms with van der Waals surface area (Å²) in [6.07, 6.45) is 1.78. The van der Waals surface area contributed by atoms with Crippen LogP contribution in [0.15, 0.2) is 23.1 Å². The standard InChI is InChI=1S/C17H18Cl2N2O3S2/c1-20(2)7-8-24-15(22)5-6-21-16(23)14(26-17(21)25)9-11-3-4-12(18)10-13(11)19/h3-4,9-10H,5-8H2,1-2H3/p+1/b14-9-. The number of carbonyl (C=O) groups is 2. The Hall–Kier alpha value is -1.12. The molecule has 1 aliphatic rings. The van der Waals surface area contributed by atoms with Gasteiger partial charge in [0, 0.05) is 16.6 Å². The number of ether oxygens (including phenoxy) is 1. The number of esters is 1. The van der Waals surface area contributed by atoms with Crippen molar-refractivity contribution in [1.82, 2.24) is 4.90 Å². The second-order valence-electron chi connectivity index (χ2n) is 5.93. The lowest BCUT2D eigenvalue weighted by Gasteiger charge is -2.14. The zero-order valence-electron chi connectivity index (χ0n) is 14.4. The van der Waals surface area contributed by atoms with Crippen molar-refractivity contribution in [3.63, 3.8) is 0 Å². The number of rotatable bonds is 7. The number of hydrogen-bond acceptors (Lipinski definition) is 5. The van der Waals surface area contributed by atoms with Crippen molar-refractivity contribution in [1.29, 1.82) is 0 Å². The van der Waals surface area contributed by atoms with E-state index < -0.39 is 0 Å². The molecule has 1 aromatic rings. The van der Waals surface area contributed by atoms with Crippen LogP contribution in [-0.4, -0.2) is 54.9 Å². The molecule has 0 bridgehead atoms. The predicted molar refractivity (Wildman–Crippen MR) is 110 cm³/mol. The fourth-order valence-electron chi connectivity index (χ4n) is 2.10. The van der Waals surface area contributed by atoms with Crippen LogP contribution in [0.4, 0.5) is 0 Å². The molecular formula is C17H19Cl2N2O3S2+. The first-order valence-corrected chi connectivity index (χ1v) is 9.91. The topological polar surface area (TPSA) is 51.1 Å². The number of nitrogens with one attached hydrogen (secondary N) is 1. The Labute approximate surface area is 172 Å². The molecule has 1 N–H and O–H groups in total. The maximum absolute atomic E-state index is 12.5. The molecule has 0 atom stereocenters. The minimum Gasteiger partial charge on any atom is -0.460 e. The Morgan fingerprint density at radius 3 is 2.77 bits per heavy atom. The van der Waals surface area contributed by atoms with E-state index in [9.17, 15) is 9.59 Å². The number of likely N-dealkylation sites (N-methyl/N-ethyl adjacent to an activating group) is 1. The number of benzene rings is 1. The Kier molecular flexibility index (Phi) is 7.91. The number of nitrogens with zero attached hydrogens (tertiary/aromatic N) is 1. The van der Waals surface area contributed by atoms with Crippen LogP contribution < -0.4 is 4.90 Å². The first-order chi connectivity index (χ1) is 12.3. The average molecular weight is 434 g/mol. The second kappa shape index (κ2) is 9.71.